The van der Waals surface area contributed by atoms with Gasteiger partial charge in [-0.15, -0.1) is 0 Å². The summed E-state index contributed by atoms with van der Waals surface area (Å²) in [6.07, 6.45) is 4.01. The van der Waals surface area contributed by atoms with Gasteiger partial charge in [-0.3, -0.25) is 14.5 Å². The Labute approximate surface area is 133 Å². The molecule has 1 aromatic rings. The van der Waals surface area contributed by atoms with E-state index in [4.69, 9.17) is 4.74 Å². The van der Waals surface area contributed by atoms with Crippen LogP contribution in [0.4, 0.5) is 4.39 Å². The fraction of sp³-hybridized carbons (Fsp3) is 0.412. The Morgan fingerprint density at radius 3 is 2.26 bits per heavy atom. The molecule has 1 heterocycles. The summed E-state index contributed by atoms with van der Waals surface area (Å²) in [6.45, 7) is -0.151. The number of halogens is 1. The van der Waals surface area contributed by atoms with Gasteiger partial charge in [0.25, 0.3) is 0 Å². The van der Waals surface area contributed by atoms with E-state index < -0.39 is 6.10 Å². The van der Waals surface area contributed by atoms with Gasteiger partial charge in [0.2, 0.25) is 11.8 Å². The second-order valence-electron chi connectivity index (χ2n) is 5.86. The zero-order valence-corrected chi connectivity index (χ0v) is 12.5. The van der Waals surface area contributed by atoms with E-state index in [0.29, 0.717) is 18.6 Å². The summed E-state index contributed by atoms with van der Waals surface area (Å²) in [5.41, 5.74) is 0. The number of nitrogens with zero attached hydrogens (tertiary/aromatic N) is 1. The van der Waals surface area contributed by atoms with Crippen molar-refractivity contribution in [3.05, 3.63) is 42.2 Å². The van der Waals surface area contributed by atoms with Gasteiger partial charge in [-0.2, -0.15) is 0 Å². The molecule has 0 aromatic heterocycles. The number of rotatable bonds is 5. The number of imide groups is 1. The molecule has 1 aromatic carbocycles. The monoisotopic (exact) mass is 319 g/mol. The van der Waals surface area contributed by atoms with Crippen molar-refractivity contribution < 1.29 is 23.8 Å². The van der Waals surface area contributed by atoms with Crippen LogP contribution in [0.15, 0.2) is 36.4 Å². The molecule has 23 heavy (non-hydrogen) atoms. The van der Waals surface area contributed by atoms with E-state index in [1.165, 1.54) is 24.3 Å². The summed E-state index contributed by atoms with van der Waals surface area (Å²) in [5.74, 6) is -0.976. The van der Waals surface area contributed by atoms with Crippen LogP contribution < -0.4 is 4.74 Å². The third-order valence-electron chi connectivity index (χ3n) is 4.25. The first kappa shape index (κ1) is 15.7. The Kier molecular flexibility index (Phi) is 4.43. The van der Waals surface area contributed by atoms with Gasteiger partial charge in [-0.25, -0.2) is 4.39 Å². The quantitative estimate of drug-likeness (QED) is 0.660. The molecule has 0 spiro atoms. The van der Waals surface area contributed by atoms with E-state index >= 15 is 0 Å². The molecule has 0 unspecified atom stereocenters. The first-order valence-corrected chi connectivity index (χ1v) is 7.63. The second-order valence-corrected chi connectivity index (χ2v) is 5.86. The molecular formula is C17H18FNO4. The van der Waals surface area contributed by atoms with Crippen molar-refractivity contribution in [2.45, 2.75) is 18.9 Å². The van der Waals surface area contributed by atoms with Gasteiger partial charge in [0, 0.05) is 0 Å². The lowest BCUT2D eigenvalue weighted by Gasteiger charge is -2.19. The molecule has 1 fully saturated rings. The fourth-order valence-electron chi connectivity index (χ4n) is 3.04. The smallest absolute Gasteiger partial charge is 0.233 e. The Hall–Kier alpha value is -2.21. The molecule has 3 atom stereocenters. The lowest BCUT2D eigenvalue weighted by atomic mass is 9.85. The number of allylic oxidation sites excluding steroid dienone is 2. The molecular weight excluding hydrogens is 301 g/mol. The standard InChI is InChI=1S/C17H18FNO4/c18-11-5-7-13(8-6-11)23-10-12(20)9-19-16(21)14-3-1-2-4-15(14)17(19)22/h1-2,5-8,12,14-15,20H,3-4,9-10H2/t12-,14-,15+/m0/s1. The molecule has 6 heteroatoms. The second kappa shape index (κ2) is 6.50. The van der Waals surface area contributed by atoms with Crippen molar-refractivity contribution in [3.63, 3.8) is 0 Å². The first-order valence-electron chi connectivity index (χ1n) is 7.63. The highest BCUT2D eigenvalue weighted by Gasteiger charge is 2.47. The number of hydrogen-bond acceptors (Lipinski definition) is 4. The lowest BCUT2D eigenvalue weighted by Crippen LogP contribution is -2.40. The highest BCUT2D eigenvalue weighted by Crippen LogP contribution is 2.35. The Morgan fingerprint density at radius 2 is 1.70 bits per heavy atom. The molecule has 1 saturated heterocycles. The third-order valence-corrected chi connectivity index (χ3v) is 4.25. The molecule has 2 amide bonds. The number of amides is 2. The number of β-amino-alcohol motifs (C(OH)–C–C–N with tert-alkyl or cyclic N) is 1. The van der Waals surface area contributed by atoms with Gasteiger partial charge >= 0.3 is 0 Å². The predicted octanol–water partition coefficient (Wildman–Crippen LogP) is 1.52. The molecule has 1 aliphatic carbocycles. The van der Waals surface area contributed by atoms with Gasteiger partial charge < -0.3 is 9.84 Å². The number of carbonyl (C=O) groups excluding carboxylic acids is 2. The SMILES string of the molecule is O=C1[C@H]2CC=CC[C@H]2C(=O)N1C[C@H](O)COc1ccc(F)cc1. The Balaban J connectivity index is 1.55. The van der Waals surface area contributed by atoms with Gasteiger partial charge in [-0.05, 0) is 37.1 Å². The number of likely N-dealkylation sites (tertiary alicyclic amines) is 1. The van der Waals surface area contributed by atoms with Crippen molar-refractivity contribution in [1.29, 1.82) is 0 Å². The largest absolute Gasteiger partial charge is 0.491 e. The van der Waals surface area contributed by atoms with Crippen LogP contribution in [0.25, 0.3) is 0 Å². The number of benzene rings is 1. The topological polar surface area (TPSA) is 66.8 Å². The number of ether oxygens (including phenoxy) is 1. The molecule has 0 bridgehead atoms. The van der Waals surface area contributed by atoms with Crippen LogP contribution in [0.2, 0.25) is 0 Å². The van der Waals surface area contributed by atoms with E-state index in [1.54, 1.807) is 0 Å². The zero-order valence-electron chi connectivity index (χ0n) is 12.5. The Morgan fingerprint density at radius 1 is 1.13 bits per heavy atom. The molecule has 1 N–H and O–H groups in total. The summed E-state index contributed by atoms with van der Waals surface area (Å²) in [4.78, 5) is 25.7. The highest BCUT2D eigenvalue weighted by molar-refractivity contribution is 6.05. The van der Waals surface area contributed by atoms with Crippen LogP contribution in [0.5, 0.6) is 5.75 Å². The number of carbonyl (C=O) groups is 2. The van der Waals surface area contributed by atoms with E-state index in [-0.39, 0.29) is 42.6 Å². The maximum atomic E-state index is 12.8. The third kappa shape index (κ3) is 3.27. The van der Waals surface area contributed by atoms with E-state index in [1.807, 2.05) is 12.2 Å². The van der Waals surface area contributed by atoms with E-state index in [2.05, 4.69) is 0 Å². The maximum Gasteiger partial charge on any atom is 0.233 e. The lowest BCUT2D eigenvalue weighted by molar-refractivity contribution is -0.141. The maximum absolute atomic E-state index is 12.8. The number of aliphatic hydroxyl groups excluding tert-OH is 1. The van der Waals surface area contributed by atoms with Crippen LogP contribution in [0.3, 0.4) is 0 Å². The van der Waals surface area contributed by atoms with Crippen LogP contribution in [0.1, 0.15) is 12.8 Å². The first-order chi connectivity index (χ1) is 11.1. The summed E-state index contributed by atoms with van der Waals surface area (Å²) < 4.78 is 18.1. The van der Waals surface area contributed by atoms with E-state index in [0.717, 1.165) is 4.90 Å². The van der Waals surface area contributed by atoms with Crippen LogP contribution in [-0.2, 0) is 9.59 Å². The minimum atomic E-state index is -0.985. The average molecular weight is 319 g/mol. The van der Waals surface area contributed by atoms with Crippen molar-refractivity contribution in [1.82, 2.24) is 4.90 Å². The van der Waals surface area contributed by atoms with Gasteiger partial charge in [0.1, 0.15) is 24.3 Å². The zero-order chi connectivity index (χ0) is 16.4. The molecule has 122 valence electrons. The fourth-order valence-corrected chi connectivity index (χ4v) is 3.04. The molecule has 2 aliphatic rings. The minimum absolute atomic E-state index is 0.0731. The highest BCUT2D eigenvalue weighted by atomic mass is 19.1. The summed E-state index contributed by atoms with van der Waals surface area (Å²) in [5, 5.41) is 10.0. The van der Waals surface area contributed by atoms with Crippen molar-refractivity contribution in [2.75, 3.05) is 13.2 Å². The van der Waals surface area contributed by atoms with Gasteiger partial charge in [0.05, 0.1) is 18.4 Å². The van der Waals surface area contributed by atoms with Crippen molar-refractivity contribution in [3.8, 4) is 5.75 Å². The summed E-state index contributed by atoms with van der Waals surface area (Å²) in [6, 6.07) is 5.42. The average Bonchev–Trinajstić information content (AvgIpc) is 2.80. The number of aliphatic hydroxyl groups is 1. The molecule has 0 saturated carbocycles. The molecule has 1 aliphatic heterocycles. The van der Waals surface area contributed by atoms with Crippen molar-refractivity contribution in [2.24, 2.45) is 11.8 Å². The molecule has 0 radical (unpaired) electrons. The van der Waals surface area contributed by atoms with Crippen LogP contribution in [0, 0.1) is 17.7 Å². The van der Waals surface area contributed by atoms with Crippen LogP contribution in [-0.4, -0.2) is 41.1 Å². The predicted molar refractivity (Wildman–Crippen MR) is 80.0 cm³/mol. The summed E-state index contributed by atoms with van der Waals surface area (Å²) >= 11 is 0. The van der Waals surface area contributed by atoms with Crippen molar-refractivity contribution >= 4 is 11.8 Å². The number of fused-ring (bicyclic) bond motifs is 1. The minimum Gasteiger partial charge on any atom is -0.491 e. The Bertz CT molecular complexity index is 602. The summed E-state index contributed by atoms with van der Waals surface area (Å²) in [7, 11) is 0. The molecule has 3 rings (SSSR count). The van der Waals surface area contributed by atoms with Gasteiger partial charge in [-0.1, -0.05) is 12.2 Å². The molecule has 5 nitrogen and oxygen atoms in total. The normalized spacial score (nSPS) is 24.7. The number of hydrogen-bond donors (Lipinski definition) is 1. The van der Waals surface area contributed by atoms with Crippen LogP contribution >= 0.6 is 0 Å². The van der Waals surface area contributed by atoms with Gasteiger partial charge in [0.15, 0.2) is 0 Å². The van der Waals surface area contributed by atoms with E-state index in [9.17, 15) is 19.1 Å².